The summed E-state index contributed by atoms with van der Waals surface area (Å²) in [6, 6.07) is 16.6. The Bertz CT molecular complexity index is 2450. The van der Waals surface area contributed by atoms with E-state index in [1.54, 1.807) is 0 Å². The van der Waals surface area contributed by atoms with E-state index in [0.717, 1.165) is 18.2 Å². The third-order valence-electron chi connectivity index (χ3n) is 10.1. The van der Waals surface area contributed by atoms with Gasteiger partial charge in [0.25, 0.3) is 0 Å². The minimum atomic E-state index is -2.01. The third-order valence-corrected chi connectivity index (χ3v) is 10.1. The molecule has 2 saturated heterocycles. The lowest BCUT2D eigenvalue weighted by Crippen LogP contribution is -2.65. The first-order valence-electron chi connectivity index (χ1n) is 19.1. The second-order valence-electron chi connectivity index (χ2n) is 14.5. The maximum absolute atomic E-state index is 12.8. The van der Waals surface area contributed by atoms with Gasteiger partial charge in [-0.3, -0.25) is 4.79 Å². The standard InChI is InChI=1S/C43H42O20/c1-56-30-13-20(4-10-26(30)47)40-31(16-24-27(48)14-22(45)15-29(24)59-40)60-43-41(63-42-39(55)37(53)35(51)32(61-42)17-57-23-7-5-21(44)6-8-23)38(54)36(52)33(62-43)18-58-34(50)11-3-19-2-9-25(46)28(49)12-19/h2-16,32-33,35-39,41-44,46-49,51-55H,17-18H2,1H3/t32-,33-,35-,36-,37+,38+,39-,41-,42+,43-/m1/s1. The Kier molecular flexibility index (Phi) is 13.2. The molecule has 334 valence electrons. The highest BCUT2D eigenvalue weighted by molar-refractivity contribution is 5.87. The highest BCUT2D eigenvalue weighted by Crippen LogP contribution is 2.44. The highest BCUT2D eigenvalue weighted by atomic mass is 16.8. The van der Waals surface area contributed by atoms with Gasteiger partial charge in [0.2, 0.25) is 6.29 Å². The largest absolute Gasteiger partial charge is 0.508 e. The molecule has 0 aromatic heterocycles. The molecule has 3 heterocycles. The van der Waals surface area contributed by atoms with Crippen molar-refractivity contribution in [1.82, 2.24) is 0 Å². The van der Waals surface area contributed by atoms with Gasteiger partial charge in [0.1, 0.15) is 79.0 Å². The van der Waals surface area contributed by atoms with Gasteiger partial charge in [-0.25, -0.2) is 4.79 Å². The number of rotatable bonds is 13. The number of esters is 1. The van der Waals surface area contributed by atoms with Crippen LogP contribution in [0, 0.1) is 0 Å². The monoisotopic (exact) mass is 878 g/mol. The number of phenols is 5. The van der Waals surface area contributed by atoms with Crippen molar-refractivity contribution in [3.05, 3.63) is 101 Å². The first kappa shape index (κ1) is 44.4. The van der Waals surface area contributed by atoms with Gasteiger partial charge in [0.05, 0.1) is 12.7 Å². The number of hydrogen-bond donors (Lipinski definition) is 10. The van der Waals surface area contributed by atoms with Crippen LogP contribution in [0.1, 0.15) is 5.56 Å². The van der Waals surface area contributed by atoms with Gasteiger partial charge in [-0.1, -0.05) is 6.07 Å². The SMILES string of the molecule is COc1cc(-c2oc3cc(=O)cc(O)c-3cc2O[C@@H]2O[C@H](COC(=O)C=Cc3ccc(O)c(O)c3)[C@@H](O)[C@H](O)[C@H]2O[C@@H]2O[C@H](COc3ccc(O)cc3)[C@@H](O)[C@H](O)[C@H]2O)ccc1O. The molecule has 0 bridgehead atoms. The molecule has 0 unspecified atom stereocenters. The molecule has 0 spiro atoms. The lowest BCUT2D eigenvalue weighted by atomic mass is 9.97. The molecule has 0 amide bonds. The van der Waals surface area contributed by atoms with Crippen LogP contribution in [0.2, 0.25) is 0 Å². The van der Waals surface area contributed by atoms with E-state index in [4.69, 9.17) is 37.6 Å². The van der Waals surface area contributed by atoms with Crippen LogP contribution in [0.3, 0.4) is 0 Å². The molecular formula is C43H42O20. The van der Waals surface area contributed by atoms with Crippen molar-refractivity contribution in [2.45, 2.75) is 61.4 Å². The molecule has 2 fully saturated rings. The van der Waals surface area contributed by atoms with Crippen molar-refractivity contribution in [2.24, 2.45) is 0 Å². The summed E-state index contributed by atoms with van der Waals surface area (Å²) in [6.07, 6.45) is -15.8. The van der Waals surface area contributed by atoms with E-state index in [9.17, 15) is 60.7 Å². The van der Waals surface area contributed by atoms with E-state index in [1.807, 2.05) is 0 Å². The summed E-state index contributed by atoms with van der Waals surface area (Å²) in [6.45, 7) is -1.12. The molecule has 20 nitrogen and oxygen atoms in total. The Morgan fingerprint density at radius 3 is 2.11 bits per heavy atom. The van der Waals surface area contributed by atoms with Gasteiger partial charge >= 0.3 is 5.97 Å². The molecule has 4 aliphatic rings. The van der Waals surface area contributed by atoms with Crippen LogP contribution in [0.15, 0.2) is 94.2 Å². The molecule has 0 radical (unpaired) electrons. The van der Waals surface area contributed by atoms with Crippen LogP contribution in [0.25, 0.3) is 28.7 Å². The number of ether oxygens (including phenoxy) is 7. The van der Waals surface area contributed by atoms with Crippen molar-refractivity contribution in [3.8, 4) is 68.6 Å². The zero-order valence-corrected chi connectivity index (χ0v) is 32.9. The van der Waals surface area contributed by atoms with Gasteiger partial charge < -0.3 is 88.6 Å². The number of methoxy groups -OCH3 is 1. The number of aromatic hydroxyl groups is 5. The first-order chi connectivity index (χ1) is 30.1. The topological polar surface area (TPSA) is 314 Å². The van der Waals surface area contributed by atoms with Gasteiger partial charge in [0.15, 0.2) is 52.3 Å². The molecule has 10 atom stereocenters. The van der Waals surface area contributed by atoms with E-state index in [-0.39, 0.29) is 57.1 Å². The molecule has 3 aliphatic heterocycles. The number of benzene rings is 4. The number of carbonyl (C=O) groups excluding carboxylic acids is 1. The Hall–Kier alpha value is -6.62. The van der Waals surface area contributed by atoms with Crippen molar-refractivity contribution >= 4 is 12.0 Å². The Morgan fingerprint density at radius 1 is 0.683 bits per heavy atom. The van der Waals surface area contributed by atoms with Crippen LogP contribution < -0.4 is 19.6 Å². The maximum Gasteiger partial charge on any atom is 0.330 e. The average Bonchev–Trinajstić information content (AvgIpc) is 3.26. The summed E-state index contributed by atoms with van der Waals surface area (Å²) in [5, 5.41) is 106. The van der Waals surface area contributed by atoms with Crippen molar-refractivity contribution in [1.29, 1.82) is 0 Å². The second kappa shape index (κ2) is 18.8. The van der Waals surface area contributed by atoms with Crippen molar-refractivity contribution < 1.29 is 93.4 Å². The molecule has 20 heteroatoms. The maximum atomic E-state index is 12.8. The summed E-state index contributed by atoms with van der Waals surface area (Å²) in [4.78, 5) is 25.1. The number of hydrogen-bond acceptors (Lipinski definition) is 20. The molecular weight excluding hydrogens is 836 g/mol. The number of fused-ring (bicyclic) bond motifs is 1. The lowest BCUT2D eigenvalue weighted by molar-refractivity contribution is -0.357. The van der Waals surface area contributed by atoms with E-state index in [1.165, 1.54) is 79.9 Å². The summed E-state index contributed by atoms with van der Waals surface area (Å²) in [5.41, 5.74) is -0.137. The Balaban J connectivity index is 1.21. The van der Waals surface area contributed by atoms with E-state index < -0.39 is 97.5 Å². The fourth-order valence-corrected chi connectivity index (χ4v) is 6.75. The van der Waals surface area contributed by atoms with E-state index in [0.29, 0.717) is 5.56 Å². The van der Waals surface area contributed by atoms with Crippen LogP contribution in [0.5, 0.6) is 46.0 Å². The van der Waals surface area contributed by atoms with Crippen LogP contribution in [0.4, 0.5) is 0 Å². The molecule has 7 rings (SSSR count). The minimum Gasteiger partial charge on any atom is -0.508 e. The molecule has 3 aromatic carbocycles. The fraction of sp³-hybridized carbons (Fsp3) is 0.302. The van der Waals surface area contributed by atoms with Gasteiger partial charge in [-0.2, -0.15) is 0 Å². The number of carbonyl (C=O) groups is 1. The Labute approximate surface area is 356 Å². The quantitative estimate of drug-likeness (QED) is 0.0453. The molecule has 10 N–H and O–H groups in total. The molecule has 63 heavy (non-hydrogen) atoms. The number of phenolic OH excluding ortho intramolecular Hbond substituents is 5. The van der Waals surface area contributed by atoms with E-state index >= 15 is 0 Å². The molecule has 0 saturated carbocycles. The highest BCUT2D eigenvalue weighted by Gasteiger charge is 2.52. The van der Waals surface area contributed by atoms with Crippen LogP contribution >= 0.6 is 0 Å². The van der Waals surface area contributed by atoms with Gasteiger partial charge in [-0.05, 0) is 72.3 Å². The zero-order chi connectivity index (χ0) is 45.1. The third kappa shape index (κ3) is 9.88. The van der Waals surface area contributed by atoms with E-state index in [2.05, 4.69) is 0 Å². The van der Waals surface area contributed by atoms with Crippen LogP contribution in [-0.4, -0.2) is 139 Å². The summed E-state index contributed by atoms with van der Waals surface area (Å²) >= 11 is 0. The normalized spacial score (nSPS) is 26.1. The smallest absolute Gasteiger partial charge is 0.330 e. The van der Waals surface area contributed by atoms with Gasteiger partial charge in [-0.15, -0.1) is 0 Å². The van der Waals surface area contributed by atoms with Gasteiger partial charge in [0, 0.05) is 23.8 Å². The number of aliphatic hydroxyl groups is 5. The van der Waals surface area contributed by atoms with Crippen LogP contribution in [-0.2, 0) is 23.7 Å². The minimum absolute atomic E-state index is 0.00546. The summed E-state index contributed by atoms with van der Waals surface area (Å²) in [5.74, 6) is -2.85. The van der Waals surface area contributed by atoms with Crippen molar-refractivity contribution in [3.63, 3.8) is 0 Å². The average molecular weight is 879 g/mol. The Morgan fingerprint density at radius 2 is 1.38 bits per heavy atom. The lowest BCUT2D eigenvalue weighted by Gasteiger charge is -2.46. The summed E-state index contributed by atoms with van der Waals surface area (Å²) < 4.78 is 46.5. The number of aliphatic hydroxyl groups excluding tert-OH is 5. The molecule has 3 aromatic rings. The first-order valence-corrected chi connectivity index (χ1v) is 19.1. The zero-order valence-electron chi connectivity index (χ0n) is 32.9. The predicted octanol–water partition coefficient (Wildman–Crippen LogP) is 1.30. The fourth-order valence-electron chi connectivity index (χ4n) is 6.75. The van der Waals surface area contributed by atoms with Crippen molar-refractivity contribution in [2.75, 3.05) is 20.3 Å². The molecule has 1 aliphatic carbocycles. The summed E-state index contributed by atoms with van der Waals surface area (Å²) in [7, 11) is 1.29. The second-order valence-corrected chi connectivity index (χ2v) is 14.5. The predicted molar refractivity (Wildman–Crippen MR) is 213 cm³/mol.